The van der Waals surface area contributed by atoms with Crippen LogP contribution in [0.15, 0.2) is 467 Å². The number of thiophene rings is 3. The van der Waals surface area contributed by atoms with Crippen molar-refractivity contribution in [3.63, 3.8) is 0 Å². The maximum absolute atomic E-state index is 5.05. The SMILES string of the molecule is c1ccc(-c2ccc(N(c3ccc(-c4ccccc4)cc3)c3ccc4c(c3)sc3c5cccc6c5c(cc43)-c3ccccc3-6)cc2)cc1.c1ccc(-c2nc3ccccc3n2-c2ccc(-c3ccc4c(c3)sc3c5cccc6c5c(cc43)-c3ccccc3-6)cc2)cc1.c1ccc(-n2c(-c3ccc(-c4ccc5c(c4)sc4c6cccc7c6c(cc54)-c4ccccc4-7)cc3)nc3ccccc32)cc1. The van der Waals surface area contributed by atoms with E-state index in [4.69, 9.17) is 9.97 Å². The van der Waals surface area contributed by atoms with E-state index in [2.05, 4.69) is 475 Å². The van der Waals surface area contributed by atoms with Crippen molar-refractivity contribution in [1.29, 1.82) is 0 Å². The van der Waals surface area contributed by atoms with Crippen molar-refractivity contribution < 1.29 is 0 Å². The Kier molecular flexibility index (Phi) is 17.9. The van der Waals surface area contributed by atoms with Gasteiger partial charge in [0.1, 0.15) is 11.6 Å². The van der Waals surface area contributed by atoms with E-state index in [1.807, 2.05) is 40.1 Å². The van der Waals surface area contributed by atoms with Crippen LogP contribution in [0.3, 0.4) is 0 Å². The first-order chi connectivity index (χ1) is 67.4. The summed E-state index contributed by atoms with van der Waals surface area (Å²) in [5.74, 6) is 1.91. The van der Waals surface area contributed by atoms with Crippen molar-refractivity contribution in [3.05, 3.63) is 467 Å². The van der Waals surface area contributed by atoms with Crippen molar-refractivity contribution in [1.82, 2.24) is 19.1 Å². The molecule has 136 heavy (non-hydrogen) atoms. The third-order valence-corrected chi connectivity index (χ3v) is 31.7. The average Bonchev–Trinajstić information content (AvgIpc) is 1.56. The molecule has 22 aromatic carbocycles. The van der Waals surface area contributed by atoms with Crippen LogP contribution in [0.1, 0.15) is 0 Å². The molecule has 5 nitrogen and oxygen atoms in total. The molecule has 8 heteroatoms. The average molecular weight is 1780 g/mol. The summed E-state index contributed by atoms with van der Waals surface area (Å²) in [5.41, 5.74) is 38.0. The molecule has 3 aliphatic rings. The van der Waals surface area contributed by atoms with Gasteiger partial charge in [-0.2, -0.15) is 0 Å². The third-order valence-electron chi connectivity index (χ3n) is 28.1. The van der Waals surface area contributed by atoms with E-state index in [0.717, 1.165) is 73.3 Å². The van der Waals surface area contributed by atoms with E-state index in [0.29, 0.717) is 0 Å². The number of anilines is 3. The molecule has 0 fully saturated rings. The minimum Gasteiger partial charge on any atom is -0.310 e. The van der Waals surface area contributed by atoms with Gasteiger partial charge in [-0.25, -0.2) is 9.97 Å². The molecule has 0 bridgehead atoms. The first-order valence-corrected chi connectivity index (χ1v) is 48.8. The standard InChI is InChI=1S/C46H29NS.2C41H24N2S/c1-3-10-30(11-4-1)32-18-22-34(23-19-32)47(35-24-20-33(21-25-35)31-12-5-2-6-13-31)36-26-27-39-43-29-42-38-15-8-7-14-37(38)40-16-9-17-41(45(40)42)46(43)48-44(39)28-36;1-2-9-26(10-3-1)41-42-36-15-6-7-16-37(36)43(41)28-20-17-25(18-21-28)27-19-22-31-35-24-34-30-12-5-4-11-29(30)32-13-8-14-33(39(32)34)40(35)44-38(31)23-27;1-2-9-28(10-3-1)43-37-16-7-6-15-36(37)42-41(43)26-19-17-25(18-20-26)27-21-22-31-35-24-34-30-12-5-4-11-29(30)32-13-8-14-33(39(32)34)40(35)44-38(31)23-27/h1-29H;2*1-24H. The first kappa shape index (κ1) is 77.8. The highest BCUT2D eigenvalue weighted by atomic mass is 32.1. The fourth-order valence-corrected chi connectivity index (χ4v) is 25.6. The first-order valence-electron chi connectivity index (χ1n) is 46.4. The van der Waals surface area contributed by atoms with Crippen LogP contribution in [-0.4, -0.2) is 19.1 Å². The fourth-order valence-electron chi connectivity index (χ4n) is 21.8. The lowest BCUT2D eigenvalue weighted by Gasteiger charge is -2.26. The summed E-state index contributed by atoms with van der Waals surface area (Å²) in [5, 5.41) is 16.3. The molecule has 0 N–H and O–H groups in total. The summed E-state index contributed by atoms with van der Waals surface area (Å²) in [6, 6.07) is 170. The molecule has 0 unspecified atom stereocenters. The van der Waals surface area contributed by atoms with Crippen molar-refractivity contribution in [3.8, 4) is 145 Å². The van der Waals surface area contributed by atoms with Crippen LogP contribution in [-0.2, 0) is 0 Å². The van der Waals surface area contributed by atoms with Crippen LogP contribution in [0.25, 0.3) is 260 Å². The van der Waals surface area contributed by atoms with E-state index in [-0.39, 0.29) is 0 Å². The number of aromatic nitrogens is 4. The summed E-state index contributed by atoms with van der Waals surface area (Å²) >= 11 is 5.74. The number of imidazole rings is 2. The summed E-state index contributed by atoms with van der Waals surface area (Å²) in [6.45, 7) is 0. The van der Waals surface area contributed by atoms with Crippen molar-refractivity contribution in [2.24, 2.45) is 0 Å². The number of rotatable bonds is 11. The van der Waals surface area contributed by atoms with Crippen molar-refractivity contribution in [2.75, 3.05) is 4.90 Å². The number of fused-ring (bicyclic) bond motifs is 23. The minimum absolute atomic E-state index is 0.953. The molecule has 0 atom stereocenters. The Morgan fingerprint density at radius 1 is 0.176 bits per heavy atom. The second kappa shape index (κ2) is 31.4. The Morgan fingerprint density at radius 3 is 0.868 bits per heavy atom. The Hall–Kier alpha value is -17.0. The summed E-state index contributed by atoms with van der Waals surface area (Å²) in [6.07, 6.45) is 0. The second-order valence-electron chi connectivity index (χ2n) is 35.6. The molecule has 3 aliphatic carbocycles. The predicted molar refractivity (Wildman–Crippen MR) is 580 cm³/mol. The molecule has 0 spiro atoms. The molecule has 5 aromatic heterocycles. The highest BCUT2D eigenvalue weighted by Crippen LogP contribution is 2.57. The zero-order chi connectivity index (χ0) is 89.2. The van der Waals surface area contributed by atoms with Gasteiger partial charge in [0.25, 0.3) is 0 Å². The third kappa shape index (κ3) is 12.5. The van der Waals surface area contributed by atoms with E-state index in [9.17, 15) is 0 Å². The van der Waals surface area contributed by atoms with Crippen molar-refractivity contribution >= 4 is 166 Å². The highest BCUT2D eigenvalue weighted by molar-refractivity contribution is 7.27. The predicted octanol–water partition coefficient (Wildman–Crippen LogP) is 36.7. The lowest BCUT2D eigenvalue weighted by molar-refractivity contribution is 1.10. The summed E-state index contributed by atoms with van der Waals surface area (Å²) in [7, 11) is 0. The van der Waals surface area contributed by atoms with Crippen LogP contribution >= 0.6 is 34.0 Å². The quantitative estimate of drug-likeness (QED) is 0.130. The summed E-state index contributed by atoms with van der Waals surface area (Å²) in [4.78, 5) is 12.4. The Labute approximate surface area is 796 Å². The van der Waals surface area contributed by atoms with E-state index < -0.39 is 0 Å². The van der Waals surface area contributed by atoms with Gasteiger partial charge < -0.3 is 4.90 Å². The number of benzene rings is 22. The molecule has 0 saturated carbocycles. The van der Waals surface area contributed by atoms with E-state index in [1.54, 1.807) is 0 Å². The van der Waals surface area contributed by atoms with Crippen LogP contribution in [0.5, 0.6) is 0 Å². The van der Waals surface area contributed by atoms with Gasteiger partial charge in [-0.15, -0.1) is 34.0 Å². The highest BCUT2D eigenvalue weighted by Gasteiger charge is 2.30. The van der Waals surface area contributed by atoms with Crippen molar-refractivity contribution in [2.45, 2.75) is 0 Å². The van der Waals surface area contributed by atoms with Crippen LogP contribution in [0.4, 0.5) is 17.1 Å². The molecule has 0 saturated heterocycles. The molecule has 632 valence electrons. The van der Waals surface area contributed by atoms with E-state index >= 15 is 0 Å². The smallest absolute Gasteiger partial charge is 0.145 e. The maximum Gasteiger partial charge on any atom is 0.145 e. The maximum atomic E-state index is 5.05. The molecular weight excluding hydrogens is 1700 g/mol. The number of para-hydroxylation sites is 5. The molecule has 5 heterocycles. The Balaban J connectivity index is 0.000000101. The second-order valence-corrected chi connectivity index (χ2v) is 38.8. The summed E-state index contributed by atoms with van der Waals surface area (Å²) < 4.78 is 12.6. The fraction of sp³-hybridized carbons (Fsp3) is 0. The Morgan fingerprint density at radius 2 is 0.456 bits per heavy atom. The topological polar surface area (TPSA) is 38.9 Å². The van der Waals surface area contributed by atoms with Gasteiger partial charge in [-0.3, -0.25) is 9.13 Å². The molecule has 0 radical (unpaired) electrons. The number of hydrogen-bond donors (Lipinski definition) is 0. The monoisotopic (exact) mass is 1780 g/mol. The van der Waals surface area contributed by atoms with Gasteiger partial charge in [-0.05, 0) is 243 Å². The van der Waals surface area contributed by atoms with Crippen LogP contribution in [0, 0.1) is 0 Å². The Bertz CT molecular complexity index is 9480. The van der Waals surface area contributed by atoms with E-state index in [1.165, 1.54) is 204 Å². The van der Waals surface area contributed by atoms with Gasteiger partial charge in [0.15, 0.2) is 0 Å². The van der Waals surface area contributed by atoms with Crippen LogP contribution < -0.4 is 4.90 Å². The van der Waals surface area contributed by atoms with Gasteiger partial charge in [0.2, 0.25) is 0 Å². The number of hydrogen-bond acceptors (Lipinski definition) is 6. The van der Waals surface area contributed by atoms with Gasteiger partial charge in [0.05, 0.1) is 22.1 Å². The largest absolute Gasteiger partial charge is 0.310 e. The molecule has 0 aliphatic heterocycles. The molecular formula is C128H77N5S3. The lowest BCUT2D eigenvalue weighted by atomic mass is 9.98. The van der Waals surface area contributed by atoms with Gasteiger partial charge in [0, 0.05) is 116 Å². The molecule has 0 amide bonds. The normalized spacial score (nSPS) is 12.0. The zero-order valence-electron chi connectivity index (χ0n) is 73.4. The minimum atomic E-state index is 0.953. The molecule has 30 rings (SSSR count). The zero-order valence-corrected chi connectivity index (χ0v) is 75.9. The lowest BCUT2D eigenvalue weighted by Crippen LogP contribution is -2.09. The van der Waals surface area contributed by atoms with Gasteiger partial charge in [-0.1, -0.05) is 352 Å². The number of nitrogens with zero attached hydrogens (tertiary/aromatic N) is 5. The van der Waals surface area contributed by atoms with Gasteiger partial charge >= 0.3 is 0 Å². The van der Waals surface area contributed by atoms with Crippen LogP contribution in [0.2, 0.25) is 0 Å². The molecule has 27 aromatic rings.